The van der Waals surface area contributed by atoms with Crippen LogP contribution < -0.4 is 15.6 Å². The van der Waals surface area contributed by atoms with Crippen molar-refractivity contribution in [1.29, 1.82) is 0 Å². The molecule has 0 unspecified atom stereocenters. The lowest BCUT2D eigenvalue weighted by atomic mass is 10.2. The van der Waals surface area contributed by atoms with Crippen molar-refractivity contribution in [2.24, 2.45) is 7.05 Å². The van der Waals surface area contributed by atoms with Crippen LogP contribution in [-0.2, 0) is 24.8 Å². The molecule has 0 bridgehead atoms. The molecule has 0 radical (unpaired) electrons. The first kappa shape index (κ1) is 21.3. The second-order valence-electron chi connectivity index (χ2n) is 7.52. The zero-order valence-corrected chi connectivity index (χ0v) is 18.3. The highest BCUT2D eigenvalue weighted by Gasteiger charge is 2.18. The number of ether oxygens (including phenoxy) is 1. The summed E-state index contributed by atoms with van der Waals surface area (Å²) < 4.78 is 8.59. The predicted octanol–water partition coefficient (Wildman–Crippen LogP) is 2.69. The third-order valence-corrected chi connectivity index (χ3v) is 5.38. The Hall–Kier alpha value is -3.94. The largest absolute Gasteiger partial charge is 0.496 e. The molecule has 0 fully saturated rings. The number of carbonyl (C=O) groups excluding carboxylic acids is 1. The molecule has 0 aliphatic heterocycles. The van der Waals surface area contributed by atoms with Gasteiger partial charge in [0.1, 0.15) is 17.0 Å². The maximum absolute atomic E-state index is 13.0. The van der Waals surface area contributed by atoms with Crippen LogP contribution in [-0.4, -0.2) is 32.3 Å². The van der Waals surface area contributed by atoms with E-state index in [1.165, 1.54) is 0 Å². The summed E-state index contributed by atoms with van der Waals surface area (Å²) >= 11 is 0. The topological polar surface area (TPSA) is 91.0 Å². The van der Waals surface area contributed by atoms with Gasteiger partial charge in [-0.1, -0.05) is 36.4 Å². The number of hydrogen-bond acceptors (Lipinski definition) is 5. The summed E-state index contributed by atoms with van der Waals surface area (Å²) in [4.78, 5) is 29.9. The number of fused-ring (bicyclic) bond motifs is 1. The minimum atomic E-state index is -0.230. The van der Waals surface area contributed by atoms with E-state index < -0.39 is 0 Å². The summed E-state index contributed by atoms with van der Waals surface area (Å²) in [5, 5.41) is 7.46. The van der Waals surface area contributed by atoms with Gasteiger partial charge in [0.05, 0.1) is 18.5 Å². The number of nitrogens with zero attached hydrogens (tertiary/aromatic N) is 4. The Bertz CT molecular complexity index is 1320. The molecule has 32 heavy (non-hydrogen) atoms. The molecule has 0 saturated carbocycles. The standard InChI is InChI=1S/C24H25N5O3/c1-16-22-23(29(27-16)18-10-5-4-6-11-18)28(2)24(31)19(26-22)13-14-21(30)25-15-17-9-7-8-12-20(17)32-3/h4-12H,13-15H2,1-3H3,(H,25,30). The minimum absolute atomic E-state index is 0.156. The van der Waals surface area contributed by atoms with E-state index in [-0.39, 0.29) is 24.3 Å². The Morgan fingerprint density at radius 3 is 2.56 bits per heavy atom. The molecule has 4 aromatic rings. The second-order valence-corrected chi connectivity index (χ2v) is 7.52. The van der Waals surface area contributed by atoms with Gasteiger partial charge in [0.25, 0.3) is 5.56 Å². The first-order chi connectivity index (χ1) is 15.5. The fraction of sp³-hybridized carbons (Fsp3) is 0.250. The number of methoxy groups -OCH3 is 1. The van der Waals surface area contributed by atoms with Crippen molar-refractivity contribution in [1.82, 2.24) is 24.6 Å². The number of para-hydroxylation sites is 2. The van der Waals surface area contributed by atoms with Crippen molar-refractivity contribution in [3.05, 3.63) is 81.9 Å². The summed E-state index contributed by atoms with van der Waals surface area (Å²) in [5.41, 5.74) is 3.87. The summed E-state index contributed by atoms with van der Waals surface area (Å²) in [6, 6.07) is 17.1. The monoisotopic (exact) mass is 431 g/mol. The predicted molar refractivity (Wildman–Crippen MR) is 122 cm³/mol. The number of carbonyl (C=O) groups is 1. The van der Waals surface area contributed by atoms with Crippen LogP contribution in [0.1, 0.15) is 23.4 Å². The molecule has 2 heterocycles. The van der Waals surface area contributed by atoms with E-state index in [0.29, 0.717) is 23.4 Å². The van der Waals surface area contributed by atoms with Crippen LogP contribution >= 0.6 is 0 Å². The quantitative estimate of drug-likeness (QED) is 0.486. The van der Waals surface area contributed by atoms with Gasteiger partial charge in [-0.2, -0.15) is 5.10 Å². The lowest BCUT2D eigenvalue weighted by Gasteiger charge is -2.10. The fourth-order valence-electron chi connectivity index (χ4n) is 3.69. The SMILES string of the molecule is COc1ccccc1CNC(=O)CCc1nc2c(C)nn(-c3ccccc3)c2n(C)c1=O. The second kappa shape index (κ2) is 9.05. The van der Waals surface area contributed by atoms with Gasteiger partial charge in [-0.05, 0) is 25.1 Å². The highest BCUT2D eigenvalue weighted by Crippen LogP contribution is 2.19. The van der Waals surface area contributed by atoms with E-state index in [1.807, 2.05) is 61.5 Å². The van der Waals surface area contributed by atoms with Gasteiger partial charge in [0.2, 0.25) is 5.91 Å². The summed E-state index contributed by atoms with van der Waals surface area (Å²) in [7, 11) is 3.30. The molecule has 164 valence electrons. The third kappa shape index (κ3) is 4.12. The molecule has 2 aromatic heterocycles. The molecular weight excluding hydrogens is 406 g/mol. The van der Waals surface area contributed by atoms with E-state index in [2.05, 4.69) is 15.4 Å². The van der Waals surface area contributed by atoms with E-state index in [1.54, 1.807) is 23.4 Å². The number of aryl methyl sites for hydroxylation is 3. The molecule has 0 aliphatic carbocycles. The maximum Gasteiger partial charge on any atom is 0.273 e. The summed E-state index contributed by atoms with van der Waals surface area (Å²) in [6.07, 6.45) is 0.408. The van der Waals surface area contributed by atoms with Crippen LogP contribution in [0, 0.1) is 6.92 Å². The fourth-order valence-corrected chi connectivity index (χ4v) is 3.69. The zero-order valence-electron chi connectivity index (χ0n) is 18.3. The molecule has 0 spiro atoms. The van der Waals surface area contributed by atoms with Gasteiger partial charge < -0.3 is 10.1 Å². The van der Waals surface area contributed by atoms with Crippen molar-refractivity contribution in [3.8, 4) is 11.4 Å². The van der Waals surface area contributed by atoms with E-state index in [4.69, 9.17) is 4.74 Å². The van der Waals surface area contributed by atoms with Gasteiger partial charge in [0.15, 0.2) is 5.65 Å². The highest BCUT2D eigenvalue weighted by atomic mass is 16.5. The lowest BCUT2D eigenvalue weighted by molar-refractivity contribution is -0.121. The number of aromatic nitrogens is 4. The minimum Gasteiger partial charge on any atom is -0.496 e. The van der Waals surface area contributed by atoms with E-state index in [0.717, 1.165) is 22.7 Å². The Morgan fingerprint density at radius 1 is 1.09 bits per heavy atom. The summed E-state index contributed by atoms with van der Waals surface area (Å²) in [6.45, 7) is 2.22. The molecule has 1 amide bonds. The van der Waals surface area contributed by atoms with Crippen LogP contribution in [0.15, 0.2) is 59.4 Å². The first-order valence-electron chi connectivity index (χ1n) is 10.4. The number of benzene rings is 2. The van der Waals surface area contributed by atoms with Gasteiger partial charge >= 0.3 is 0 Å². The van der Waals surface area contributed by atoms with Crippen molar-refractivity contribution >= 4 is 17.1 Å². The first-order valence-corrected chi connectivity index (χ1v) is 10.4. The maximum atomic E-state index is 13.0. The van der Waals surface area contributed by atoms with E-state index >= 15 is 0 Å². The zero-order chi connectivity index (χ0) is 22.7. The molecule has 8 nitrogen and oxygen atoms in total. The highest BCUT2D eigenvalue weighted by molar-refractivity contribution is 5.77. The van der Waals surface area contributed by atoms with Gasteiger partial charge in [-0.3, -0.25) is 14.2 Å². The average Bonchev–Trinajstić information content (AvgIpc) is 3.16. The van der Waals surface area contributed by atoms with Crippen LogP contribution in [0.5, 0.6) is 5.75 Å². The molecule has 0 saturated heterocycles. The average molecular weight is 431 g/mol. The Balaban J connectivity index is 1.53. The molecule has 4 rings (SSSR count). The smallest absolute Gasteiger partial charge is 0.273 e. The number of rotatable bonds is 7. The molecular formula is C24H25N5O3. The van der Waals surface area contributed by atoms with Crippen molar-refractivity contribution in [2.75, 3.05) is 7.11 Å². The molecule has 0 aliphatic rings. The Labute approximate surface area is 185 Å². The number of nitrogens with one attached hydrogen (secondary N) is 1. The summed E-state index contributed by atoms with van der Waals surface area (Å²) in [5.74, 6) is 0.566. The van der Waals surface area contributed by atoms with Gasteiger partial charge in [-0.15, -0.1) is 0 Å². The third-order valence-electron chi connectivity index (χ3n) is 5.38. The number of amides is 1. The molecule has 2 aromatic carbocycles. The van der Waals surface area contributed by atoms with Crippen molar-refractivity contribution in [2.45, 2.75) is 26.3 Å². The molecule has 8 heteroatoms. The van der Waals surface area contributed by atoms with Crippen LogP contribution in [0.2, 0.25) is 0 Å². The van der Waals surface area contributed by atoms with Crippen LogP contribution in [0.4, 0.5) is 0 Å². The Morgan fingerprint density at radius 2 is 1.81 bits per heavy atom. The molecule has 1 N–H and O–H groups in total. The number of hydrogen-bond donors (Lipinski definition) is 1. The van der Waals surface area contributed by atoms with Crippen LogP contribution in [0.25, 0.3) is 16.9 Å². The van der Waals surface area contributed by atoms with Crippen molar-refractivity contribution in [3.63, 3.8) is 0 Å². The Kier molecular flexibility index (Phi) is 6.02. The van der Waals surface area contributed by atoms with Gasteiger partial charge in [0, 0.05) is 32.0 Å². The van der Waals surface area contributed by atoms with Crippen LogP contribution in [0.3, 0.4) is 0 Å². The lowest BCUT2D eigenvalue weighted by Crippen LogP contribution is -2.27. The van der Waals surface area contributed by atoms with Gasteiger partial charge in [-0.25, -0.2) is 9.67 Å². The van der Waals surface area contributed by atoms with Crippen molar-refractivity contribution < 1.29 is 9.53 Å². The molecule has 0 atom stereocenters. The normalized spacial score (nSPS) is 11.0. The van der Waals surface area contributed by atoms with E-state index in [9.17, 15) is 9.59 Å².